The Morgan fingerprint density at radius 3 is 2.72 bits per heavy atom. The average Bonchev–Trinajstić information content (AvgIpc) is 3.38. The van der Waals surface area contributed by atoms with E-state index in [9.17, 15) is 4.39 Å². The predicted octanol–water partition coefficient (Wildman–Crippen LogP) is 3.84. The maximum Gasteiger partial charge on any atom is 0.226 e. The van der Waals surface area contributed by atoms with Crippen LogP contribution in [-0.4, -0.2) is 35.6 Å². The summed E-state index contributed by atoms with van der Waals surface area (Å²) in [5, 5.41) is 7.69. The van der Waals surface area contributed by atoms with Crippen molar-refractivity contribution in [2.24, 2.45) is 4.99 Å². The quantitative estimate of drug-likeness (QED) is 0.410. The van der Waals surface area contributed by atoms with Crippen LogP contribution in [0.4, 0.5) is 4.39 Å². The van der Waals surface area contributed by atoms with Crippen molar-refractivity contribution in [3.05, 3.63) is 58.1 Å². The fourth-order valence-electron chi connectivity index (χ4n) is 2.69. The molecule has 0 fully saturated rings. The molecule has 0 unspecified atom stereocenters. The Morgan fingerprint density at radius 1 is 1.17 bits per heavy atom. The smallest absolute Gasteiger partial charge is 0.226 e. The second kappa shape index (κ2) is 10.7. The minimum atomic E-state index is -0.277. The van der Waals surface area contributed by atoms with E-state index in [1.807, 2.05) is 13.1 Å². The Hall–Kier alpha value is -2.74. The molecule has 0 aliphatic rings. The number of aryl methyl sites for hydroxylation is 1. The Kier molecular flexibility index (Phi) is 7.75. The number of oxazole rings is 1. The molecule has 0 atom stereocenters. The van der Waals surface area contributed by atoms with Crippen LogP contribution < -0.4 is 10.6 Å². The van der Waals surface area contributed by atoms with Crippen LogP contribution in [0.1, 0.15) is 29.4 Å². The lowest BCUT2D eigenvalue weighted by molar-refractivity contribution is 0.571. The zero-order chi connectivity index (χ0) is 20.5. The Labute approximate surface area is 174 Å². The minimum Gasteiger partial charge on any atom is -0.444 e. The first kappa shape index (κ1) is 21.0. The summed E-state index contributed by atoms with van der Waals surface area (Å²) in [5.74, 6) is 0.998. The normalized spacial score (nSPS) is 11.6. The van der Waals surface area contributed by atoms with Gasteiger partial charge >= 0.3 is 0 Å². The highest BCUT2D eigenvalue weighted by Crippen LogP contribution is 2.19. The van der Waals surface area contributed by atoms with Crippen LogP contribution in [0.3, 0.4) is 0 Å². The third kappa shape index (κ3) is 6.39. The molecule has 0 bridgehead atoms. The third-order valence-corrected chi connectivity index (χ3v) is 5.41. The van der Waals surface area contributed by atoms with Gasteiger partial charge in [0.15, 0.2) is 5.96 Å². The first-order chi connectivity index (χ1) is 14.2. The molecule has 6 nitrogen and oxygen atoms in total. The lowest BCUT2D eigenvalue weighted by Gasteiger charge is -2.10. The summed E-state index contributed by atoms with van der Waals surface area (Å²) in [7, 11) is 0. The summed E-state index contributed by atoms with van der Waals surface area (Å²) in [5.41, 5.74) is 1.59. The number of hydrogen-bond acceptors (Lipinski definition) is 5. The molecule has 0 saturated carbocycles. The second-order valence-electron chi connectivity index (χ2n) is 6.41. The SMILES string of the molecule is CCNC(=NCCc1ncc(CC)s1)NCCc1coc(-c2ccc(F)cc2)n1. The van der Waals surface area contributed by atoms with Gasteiger partial charge in [-0.1, -0.05) is 6.92 Å². The molecule has 8 heteroatoms. The van der Waals surface area contributed by atoms with E-state index in [2.05, 4.69) is 32.5 Å². The van der Waals surface area contributed by atoms with Crippen LogP contribution in [0.25, 0.3) is 11.5 Å². The molecule has 154 valence electrons. The molecule has 2 N–H and O–H groups in total. The van der Waals surface area contributed by atoms with E-state index in [-0.39, 0.29) is 5.82 Å². The zero-order valence-electron chi connectivity index (χ0n) is 16.7. The molecule has 0 amide bonds. The topological polar surface area (TPSA) is 75.3 Å². The van der Waals surface area contributed by atoms with E-state index in [1.54, 1.807) is 29.7 Å². The fourth-order valence-corrected chi connectivity index (χ4v) is 3.54. The molecular formula is C21H26FN5OS. The van der Waals surface area contributed by atoms with E-state index in [0.717, 1.165) is 41.6 Å². The molecule has 3 rings (SSSR count). The highest BCUT2D eigenvalue weighted by Gasteiger charge is 2.07. The van der Waals surface area contributed by atoms with Crippen molar-refractivity contribution in [2.45, 2.75) is 33.1 Å². The fraction of sp³-hybridized carbons (Fsp3) is 0.381. The maximum absolute atomic E-state index is 13.0. The van der Waals surface area contributed by atoms with Crippen molar-refractivity contribution in [1.82, 2.24) is 20.6 Å². The van der Waals surface area contributed by atoms with Gasteiger partial charge in [-0.3, -0.25) is 4.99 Å². The summed E-state index contributed by atoms with van der Waals surface area (Å²) in [6.07, 6.45) is 6.15. The Morgan fingerprint density at radius 2 is 2.00 bits per heavy atom. The van der Waals surface area contributed by atoms with Gasteiger partial charge in [-0.2, -0.15) is 0 Å². The maximum atomic E-state index is 13.0. The lowest BCUT2D eigenvalue weighted by Crippen LogP contribution is -2.38. The average molecular weight is 416 g/mol. The van der Waals surface area contributed by atoms with Crippen LogP contribution in [0.5, 0.6) is 0 Å². The number of thiazole rings is 1. The van der Waals surface area contributed by atoms with Gasteiger partial charge in [-0.25, -0.2) is 14.4 Å². The first-order valence-electron chi connectivity index (χ1n) is 9.84. The predicted molar refractivity (Wildman–Crippen MR) is 115 cm³/mol. The molecule has 2 heterocycles. The van der Waals surface area contributed by atoms with E-state index in [4.69, 9.17) is 4.42 Å². The Bertz CT molecular complexity index is 919. The number of aromatic nitrogens is 2. The van der Waals surface area contributed by atoms with Gasteiger partial charge in [0.1, 0.15) is 12.1 Å². The van der Waals surface area contributed by atoms with Gasteiger partial charge in [-0.15, -0.1) is 11.3 Å². The summed E-state index contributed by atoms with van der Waals surface area (Å²) < 4.78 is 18.5. The number of rotatable bonds is 9. The van der Waals surface area contributed by atoms with Gasteiger partial charge in [0.05, 0.1) is 10.7 Å². The number of aliphatic imine (C=N–C) groups is 1. The molecule has 0 radical (unpaired) electrons. The van der Waals surface area contributed by atoms with Gasteiger partial charge in [0.2, 0.25) is 5.89 Å². The van der Waals surface area contributed by atoms with Crippen molar-refractivity contribution >= 4 is 17.3 Å². The van der Waals surface area contributed by atoms with Crippen molar-refractivity contribution in [3.8, 4) is 11.5 Å². The van der Waals surface area contributed by atoms with Crippen molar-refractivity contribution in [2.75, 3.05) is 19.6 Å². The molecule has 1 aromatic carbocycles. The Balaban J connectivity index is 1.48. The molecule has 2 aromatic heterocycles. The van der Waals surface area contributed by atoms with Crippen LogP contribution >= 0.6 is 11.3 Å². The molecule has 29 heavy (non-hydrogen) atoms. The molecular weight excluding hydrogens is 389 g/mol. The van der Waals surface area contributed by atoms with Gasteiger partial charge in [0.25, 0.3) is 0 Å². The molecule has 0 aliphatic heterocycles. The highest BCUT2D eigenvalue weighted by atomic mass is 32.1. The van der Waals surface area contributed by atoms with Gasteiger partial charge in [-0.05, 0) is 37.6 Å². The van der Waals surface area contributed by atoms with E-state index in [1.165, 1.54) is 17.0 Å². The zero-order valence-corrected chi connectivity index (χ0v) is 17.6. The largest absolute Gasteiger partial charge is 0.444 e. The standard InChI is InChI=1S/C21H26FN5OS/c1-3-18-13-26-19(29-18)10-12-25-21(23-4-2)24-11-9-17-14-28-20(27-17)15-5-7-16(22)8-6-15/h5-8,13-14H,3-4,9-12H2,1-2H3,(H2,23,24,25). The monoisotopic (exact) mass is 415 g/mol. The van der Waals surface area contributed by atoms with Crippen LogP contribution in [0.15, 0.2) is 46.1 Å². The van der Waals surface area contributed by atoms with E-state index in [0.29, 0.717) is 25.4 Å². The number of guanidine groups is 1. The van der Waals surface area contributed by atoms with Crippen molar-refractivity contribution in [3.63, 3.8) is 0 Å². The number of benzene rings is 1. The van der Waals surface area contributed by atoms with Crippen molar-refractivity contribution in [1.29, 1.82) is 0 Å². The molecule has 0 spiro atoms. The molecule has 0 aliphatic carbocycles. The third-order valence-electron chi connectivity index (χ3n) is 4.21. The van der Waals surface area contributed by atoms with E-state index >= 15 is 0 Å². The number of hydrogen-bond donors (Lipinski definition) is 2. The summed E-state index contributed by atoms with van der Waals surface area (Å²) in [4.78, 5) is 14.8. The van der Waals surface area contributed by atoms with Crippen LogP contribution in [-0.2, 0) is 19.3 Å². The van der Waals surface area contributed by atoms with Gasteiger partial charge in [0, 0.05) is 49.1 Å². The van der Waals surface area contributed by atoms with Crippen LogP contribution in [0, 0.1) is 5.82 Å². The highest BCUT2D eigenvalue weighted by molar-refractivity contribution is 7.11. The van der Waals surface area contributed by atoms with E-state index < -0.39 is 0 Å². The van der Waals surface area contributed by atoms with Gasteiger partial charge < -0.3 is 15.1 Å². The van der Waals surface area contributed by atoms with Crippen LogP contribution in [0.2, 0.25) is 0 Å². The first-order valence-corrected chi connectivity index (χ1v) is 10.7. The summed E-state index contributed by atoms with van der Waals surface area (Å²) in [6.45, 7) is 6.34. The minimum absolute atomic E-state index is 0.277. The second-order valence-corrected chi connectivity index (χ2v) is 7.61. The number of nitrogens with zero attached hydrogens (tertiary/aromatic N) is 3. The molecule has 3 aromatic rings. The summed E-state index contributed by atoms with van der Waals surface area (Å²) >= 11 is 1.75. The number of halogens is 1. The number of nitrogens with one attached hydrogen (secondary N) is 2. The van der Waals surface area contributed by atoms with Crippen molar-refractivity contribution < 1.29 is 8.81 Å². The lowest BCUT2D eigenvalue weighted by atomic mass is 10.2. The molecule has 0 saturated heterocycles. The summed E-state index contributed by atoms with van der Waals surface area (Å²) in [6, 6.07) is 6.11.